The maximum absolute atomic E-state index is 5.56. The molecule has 0 aliphatic carbocycles. The van der Waals surface area contributed by atoms with E-state index in [0.29, 0.717) is 6.04 Å². The predicted octanol–water partition coefficient (Wildman–Crippen LogP) is 2.87. The van der Waals surface area contributed by atoms with Crippen LogP contribution in [0.25, 0.3) is 0 Å². The first-order valence-corrected chi connectivity index (χ1v) is 9.10. The highest BCUT2D eigenvalue weighted by molar-refractivity contribution is 14.0. The van der Waals surface area contributed by atoms with Crippen molar-refractivity contribution >= 4 is 35.6 Å². The van der Waals surface area contributed by atoms with Crippen LogP contribution in [-0.4, -0.2) is 58.5 Å². The van der Waals surface area contributed by atoms with Crippen LogP contribution in [-0.2, 0) is 4.74 Å². The van der Waals surface area contributed by atoms with Gasteiger partial charge in [-0.3, -0.25) is 4.99 Å². The van der Waals surface area contributed by atoms with Crippen LogP contribution in [0.1, 0.15) is 26.7 Å². The zero-order chi connectivity index (χ0) is 18.1. The van der Waals surface area contributed by atoms with Crippen molar-refractivity contribution in [3.63, 3.8) is 0 Å². The molecule has 2 rings (SSSR count). The number of guanidine groups is 1. The van der Waals surface area contributed by atoms with Crippen molar-refractivity contribution in [2.45, 2.75) is 38.8 Å². The van der Waals surface area contributed by atoms with Gasteiger partial charge in [-0.05, 0) is 38.8 Å². The van der Waals surface area contributed by atoms with Gasteiger partial charge in [0.15, 0.2) is 5.96 Å². The van der Waals surface area contributed by atoms with Gasteiger partial charge in [0.05, 0.1) is 18.9 Å². The summed E-state index contributed by atoms with van der Waals surface area (Å²) in [5.41, 5.74) is 1.16. The molecule has 1 aliphatic heterocycles. The highest BCUT2D eigenvalue weighted by Gasteiger charge is 2.25. The monoisotopic (exact) mass is 476 g/mol. The molecule has 2 N–H and O–H groups in total. The van der Waals surface area contributed by atoms with E-state index in [4.69, 9.17) is 9.47 Å². The quantitative estimate of drug-likeness (QED) is 0.262. The van der Waals surface area contributed by atoms with E-state index in [2.05, 4.69) is 46.5 Å². The highest BCUT2D eigenvalue weighted by Crippen LogP contribution is 2.30. The van der Waals surface area contributed by atoms with E-state index in [1.807, 2.05) is 19.2 Å². The molecule has 0 radical (unpaired) electrons. The van der Waals surface area contributed by atoms with Gasteiger partial charge in [0.2, 0.25) is 0 Å². The lowest BCUT2D eigenvalue weighted by molar-refractivity contribution is 0.0776. The summed E-state index contributed by atoms with van der Waals surface area (Å²) < 4.78 is 11.0. The van der Waals surface area contributed by atoms with Crippen LogP contribution in [0.5, 0.6) is 5.75 Å². The summed E-state index contributed by atoms with van der Waals surface area (Å²) >= 11 is 0. The minimum atomic E-state index is 0. The lowest BCUT2D eigenvalue weighted by atomic mass is 10.2. The molecule has 0 saturated carbocycles. The number of hydrogen-bond acceptors (Lipinski definition) is 4. The molecule has 7 heteroatoms. The number of nitrogens with one attached hydrogen (secondary N) is 2. The van der Waals surface area contributed by atoms with Gasteiger partial charge >= 0.3 is 0 Å². The number of benzene rings is 1. The Balaban J connectivity index is 0.00000338. The summed E-state index contributed by atoms with van der Waals surface area (Å²) in [6.07, 6.45) is 2.34. The normalized spacial score (nSPS) is 17.2. The van der Waals surface area contributed by atoms with Crippen molar-refractivity contribution in [2.24, 2.45) is 4.99 Å². The number of methoxy groups -OCH3 is 1. The van der Waals surface area contributed by atoms with Gasteiger partial charge in [-0.1, -0.05) is 12.1 Å². The van der Waals surface area contributed by atoms with E-state index in [-0.39, 0.29) is 30.1 Å². The van der Waals surface area contributed by atoms with E-state index in [9.17, 15) is 0 Å². The molecule has 1 fully saturated rings. The van der Waals surface area contributed by atoms with Gasteiger partial charge < -0.3 is 25.0 Å². The molecule has 6 nitrogen and oxygen atoms in total. The molecule has 1 aromatic carbocycles. The Morgan fingerprint density at radius 1 is 1.35 bits per heavy atom. The first kappa shape index (κ1) is 22.8. The van der Waals surface area contributed by atoms with Gasteiger partial charge in [-0.25, -0.2) is 0 Å². The molecule has 1 aliphatic rings. The van der Waals surface area contributed by atoms with E-state index in [1.165, 1.54) is 0 Å². The molecule has 1 atom stereocenters. The molecule has 0 spiro atoms. The number of aliphatic imine (C=N–C) groups is 1. The molecule has 1 unspecified atom stereocenters. The molecule has 1 aromatic rings. The first-order valence-electron chi connectivity index (χ1n) is 9.10. The molecule has 1 saturated heterocycles. The summed E-state index contributed by atoms with van der Waals surface area (Å²) in [6, 6.07) is 8.56. The highest BCUT2D eigenvalue weighted by atomic mass is 127. The second-order valence-electron chi connectivity index (χ2n) is 6.52. The second kappa shape index (κ2) is 12.2. The van der Waals surface area contributed by atoms with Gasteiger partial charge in [0.25, 0.3) is 0 Å². The minimum Gasteiger partial charge on any atom is -0.495 e. The van der Waals surface area contributed by atoms with Crippen LogP contribution in [0.4, 0.5) is 5.69 Å². The number of para-hydroxylation sites is 2. The molecule has 0 aromatic heterocycles. The number of anilines is 1. The van der Waals surface area contributed by atoms with Crippen LogP contribution < -0.4 is 20.3 Å². The fourth-order valence-electron chi connectivity index (χ4n) is 2.97. The lowest BCUT2D eigenvalue weighted by Gasteiger charge is -2.22. The topological polar surface area (TPSA) is 58.1 Å². The van der Waals surface area contributed by atoms with Crippen LogP contribution >= 0.6 is 24.0 Å². The van der Waals surface area contributed by atoms with Crippen LogP contribution in [0.2, 0.25) is 0 Å². The Morgan fingerprint density at radius 3 is 2.81 bits per heavy atom. The van der Waals surface area contributed by atoms with Crippen molar-refractivity contribution in [1.82, 2.24) is 10.6 Å². The third kappa shape index (κ3) is 7.19. The van der Waals surface area contributed by atoms with E-state index >= 15 is 0 Å². The summed E-state index contributed by atoms with van der Waals surface area (Å²) in [4.78, 5) is 6.69. The zero-order valence-corrected chi connectivity index (χ0v) is 18.7. The van der Waals surface area contributed by atoms with Gasteiger partial charge in [-0.15, -0.1) is 24.0 Å². The zero-order valence-electron chi connectivity index (χ0n) is 16.3. The van der Waals surface area contributed by atoms with Crippen molar-refractivity contribution in [3.05, 3.63) is 24.3 Å². The third-order valence-corrected chi connectivity index (χ3v) is 4.24. The van der Waals surface area contributed by atoms with Gasteiger partial charge in [0.1, 0.15) is 5.75 Å². The summed E-state index contributed by atoms with van der Waals surface area (Å²) in [6.45, 7) is 7.69. The van der Waals surface area contributed by atoms with Crippen LogP contribution in [0, 0.1) is 0 Å². The Labute approximate surface area is 174 Å². The maximum Gasteiger partial charge on any atom is 0.191 e. The Hall–Kier alpha value is -1.22. The number of nitrogens with zero attached hydrogens (tertiary/aromatic N) is 2. The number of rotatable bonds is 8. The van der Waals surface area contributed by atoms with E-state index < -0.39 is 0 Å². The Kier molecular flexibility index (Phi) is 10.7. The third-order valence-electron chi connectivity index (χ3n) is 4.24. The molecule has 0 amide bonds. The van der Waals surface area contributed by atoms with E-state index in [1.54, 1.807) is 7.11 Å². The lowest BCUT2D eigenvalue weighted by Crippen LogP contribution is -2.45. The fourth-order valence-corrected chi connectivity index (χ4v) is 2.97. The maximum atomic E-state index is 5.56. The Morgan fingerprint density at radius 2 is 2.12 bits per heavy atom. The first-order chi connectivity index (χ1) is 12.1. The van der Waals surface area contributed by atoms with Crippen molar-refractivity contribution < 1.29 is 9.47 Å². The molecule has 0 bridgehead atoms. The smallest absolute Gasteiger partial charge is 0.191 e. The van der Waals surface area contributed by atoms with Crippen molar-refractivity contribution in [3.8, 4) is 5.75 Å². The van der Waals surface area contributed by atoms with Gasteiger partial charge in [0, 0.05) is 39.3 Å². The molecular weight excluding hydrogens is 443 g/mol. The van der Waals surface area contributed by atoms with Crippen LogP contribution in [0.3, 0.4) is 0 Å². The number of ether oxygens (including phenoxy) is 2. The summed E-state index contributed by atoms with van der Waals surface area (Å²) in [5, 5.41) is 6.88. The molecular formula is C19H33IN4O2. The molecule has 26 heavy (non-hydrogen) atoms. The average Bonchev–Trinajstić information content (AvgIpc) is 3.08. The van der Waals surface area contributed by atoms with Crippen LogP contribution in [0.15, 0.2) is 29.3 Å². The Bertz CT molecular complexity index is 554. The second-order valence-corrected chi connectivity index (χ2v) is 6.52. The summed E-state index contributed by atoms with van der Waals surface area (Å²) in [7, 11) is 3.53. The number of hydrogen-bond donors (Lipinski definition) is 2. The average molecular weight is 476 g/mol. The molecule has 148 valence electrons. The fraction of sp³-hybridized carbons (Fsp3) is 0.632. The van der Waals surface area contributed by atoms with Crippen molar-refractivity contribution in [2.75, 3.05) is 45.3 Å². The predicted molar refractivity (Wildman–Crippen MR) is 119 cm³/mol. The minimum absolute atomic E-state index is 0. The van der Waals surface area contributed by atoms with Crippen molar-refractivity contribution in [1.29, 1.82) is 0 Å². The standard InChI is InChI=1S/C19H32N4O2.HI/c1-15(2)25-13-7-11-21-19(20-3)22-16-10-12-23(14-16)17-8-5-6-9-18(17)24-4;/h5-6,8-9,15-16H,7,10-14H2,1-4H3,(H2,20,21,22);1H. The van der Waals surface area contributed by atoms with Gasteiger partial charge in [-0.2, -0.15) is 0 Å². The summed E-state index contributed by atoms with van der Waals surface area (Å²) in [5.74, 6) is 1.78. The largest absolute Gasteiger partial charge is 0.495 e. The number of halogens is 1. The SMILES string of the molecule is CN=C(NCCCOC(C)C)NC1CCN(c2ccccc2OC)C1.I. The van der Waals surface area contributed by atoms with E-state index in [0.717, 1.165) is 56.5 Å². The molecule has 1 heterocycles.